The zero-order valence-electron chi connectivity index (χ0n) is 12.1. The largest absolute Gasteiger partial charge is 0.371 e. The molecule has 20 heavy (non-hydrogen) atoms. The Kier molecular flexibility index (Phi) is 4.13. The second-order valence-corrected chi connectivity index (χ2v) is 5.79. The van der Waals surface area contributed by atoms with E-state index >= 15 is 0 Å². The molecule has 1 saturated heterocycles. The van der Waals surface area contributed by atoms with Gasteiger partial charge >= 0.3 is 0 Å². The second kappa shape index (κ2) is 5.66. The van der Waals surface area contributed by atoms with Crippen molar-refractivity contribution in [1.82, 2.24) is 0 Å². The molecule has 1 aliphatic heterocycles. The van der Waals surface area contributed by atoms with Crippen molar-refractivity contribution < 1.29 is 4.92 Å². The summed E-state index contributed by atoms with van der Waals surface area (Å²) in [6.45, 7) is 6.38. The average Bonchev–Trinajstić information content (AvgIpc) is 2.47. The van der Waals surface area contributed by atoms with Crippen molar-refractivity contribution in [3.05, 3.63) is 28.3 Å². The van der Waals surface area contributed by atoms with Crippen LogP contribution in [-0.4, -0.2) is 18.0 Å². The highest BCUT2D eigenvalue weighted by Gasteiger charge is 2.28. The lowest BCUT2D eigenvalue weighted by Crippen LogP contribution is -2.38. The van der Waals surface area contributed by atoms with E-state index in [2.05, 4.69) is 24.2 Å². The first kappa shape index (κ1) is 14.6. The number of piperidine rings is 1. The smallest absolute Gasteiger partial charge is 0.273 e. The number of non-ortho nitro benzene ring substituents is 1. The van der Waals surface area contributed by atoms with Gasteiger partial charge in [-0.3, -0.25) is 16.0 Å². The van der Waals surface area contributed by atoms with Crippen LogP contribution in [0.2, 0.25) is 0 Å². The number of rotatable bonds is 4. The van der Waals surface area contributed by atoms with Crippen LogP contribution in [0.4, 0.5) is 17.1 Å². The fourth-order valence-corrected chi connectivity index (χ4v) is 2.62. The molecule has 0 radical (unpaired) electrons. The molecule has 1 aromatic carbocycles. The fourth-order valence-electron chi connectivity index (χ4n) is 2.62. The number of hydrazine groups is 1. The van der Waals surface area contributed by atoms with Crippen LogP contribution in [-0.2, 0) is 0 Å². The molecule has 0 amide bonds. The predicted octanol–water partition coefficient (Wildman–Crippen LogP) is 2.90. The Labute approximate surface area is 119 Å². The van der Waals surface area contributed by atoms with E-state index in [0.717, 1.165) is 31.6 Å². The van der Waals surface area contributed by atoms with Gasteiger partial charge in [-0.1, -0.05) is 20.3 Å². The number of nitrogens with two attached hydrogens (primary N) is 1. The normalized spacial score (nSPS) is 17.9. The van der Waals surface area contributed by atoms with Gasteiger partial charge in [-0.25, -0.2) is 0 Å². The van der Waals surface area contributed by atoms with Crippen molar-refractivity contribution >= 4 is 17.1 Å². The van der Waals surface area contributed by atoms with Gasteiger partial charge in [0.25, 0.3) is 5.69 Å². The van der Waals surface area contributed by atoms with Crippen LogP contribution in [0.3, 0.4) is 0 Å². The van der Waals surface area contributed by atoms with Crippen LogP contribution in [0.15, 0.2) is 18.2 Å². The summed E-state index contributed by atoms with van der Waals surface area (Å²) in [5, 5.41) is 11.0. The number of hydrogen-bond donors (Lipinski definition) is 2. The quantitative estimate of drug-likeness (QED) is 0.502. The summed E-state index contributed by atoms with van der Waals surface area (Å²) in [6.07, 6.45) is 3.39. The molecule has 0 aliphatic carbocycles. The molecule has 1 heterocycles. The van der Waals surface area contributed by atoms with E-state index in [1.54, 1.807) is 6.07 Å². The topological polar surface area (TPSA) is 84.4 Å². The first-order valence-corrected chi connectivity index (χ1v) is 6.98. The number of benzene rings is 1. The van der Waals surface area contributed by atoms with E-state index in [1.165, 1.54) is 12.5 Å². The maximum absolute atomic E-state index is 11.0. The van der Waals surface area contributed by atoms with Gasteiger partial charge < -0.3 is 10.3 Å². The van der Waals surface area contributed by atoms with Crippen molar-refractivity contribution in [2.45, 2.75) is 33.1 Å². The van der Waals surface area contributed by atoms with Gasteiger partial charge in [-0.15, -0.1) is 0 Å². The molecule has 0 saturated carbocycles. The van der Waals surface area contributed by atoms with E-state index in [4.69, 9.17) is 5.84 Å². The van der Waals surface area contributed by atoms with Crippen molar-refractivity contribution in [2.24, 2.45) is 11.3 Å². The average molecular weight is 278 g/mol. The maximum atomic E-state index is 11.0. The Morgan fingerprint density at radius 2 is 2.05 bits per heavy atom. The summed E-state index contributed by atoms with van der Waals surface area (Å²) < 4.78 is 0. The van der Waals surface area contributed by atoms with Crippen molar-refractivity contribution in [3.63, 3.8) is 0 Å². The van der Waals surface area contributed by atoms with Gasteiger partial charge in [0.15, 0.2) is 0 Å². The molecule has 0 spiro atoms. The Hall–Kier alpha value is -1.82. The fraction of sp³-hybridized carbons (Fsp3) is 0.571. The van der Waals surface area contributed by atoms with Crippen molar-refractivity contribution in [3.8, 4) is 0 Å². The number of nitrogens with zero attached hydrogens (tertiary/aromatic N) is 2. The van der Waals surface area contributed by atoms with E-state index < -0.39 is 0 Å². The van der Waals surface area contributed by atoms with Gasteiger partial charge in [0.1, 0.15) is 0 Å². The molecule has 1 fully saturated rings. The summed E-state index contributed by atoms with van der Waals surface area (Å²) in [5.74, 6) is 5.39. The van der Waals surface area contributed by atoms with Crippen LogP contribution in [0.25, 0.3) is 0 Å². The monoisotopic (exact) mass is 278 g/mol. The van der Waals surface area contributed by atoms with Gasteiger partial charge in [-0.05, 0) is 24.3 Å². The van der Waals surface area contributed by atoms with Crippen molar-refractivity contribution in [1.29, 1.82) is 0 Å². The van der Waals surface area contributed by atoms with Gasteiger partial charge in [0, 0.05) is 30.9 Å². The highest BCUT2D eigenvalue weighted by molar-refractivity contribution is 5.64. The van der Waals surface area contributed by atoms with E-state index in [1.807, 2.05) is 6.07 Å². The number of anilines is 2. The lowest BCUT2D eigenvalue weighted by Gasteiger charge is -2.40. The van der Waals surface area contributed by atoms with E-state index in [9.17, 15) is 10.1 Å². The number of hydrogen-bond acceptors (Lipinski definition) is 5. The van der Waals surface area contributed by atoms with Gasteiger partial charge in [-0.2, -0.15) is 0 Å². The number of nitro groups is 1. The molecule has 3 N–H and O–H groups in total. The molecule has 6 heteroatoms. The second-order valence-electron chi connectivity index (χ2n) is 5.79. The Bertz CT molecular complexity index is 496. The minimum absolute atomic E-state index is 0.0688. The molecular formula is C14H22N4O2. The number of nitrogen functional groups attached to an aromatic ring is 1. The third-order valence-electron chi connectivity index (χ3n) is 4.47. The highest BCUT2D eigenvalue weighted by atomic mass is 16.6. The molecule has 110 valence electrons. The lowest BCUT2D eigenvalue weighted by atomic mass is 9.78. The number of nitrogens with one attached hydrogen (secondary N) is 1. The lowest BCUT2D eigenvalue weighted by molar-refractivity contribution is -0.384. The molecule has 0 atom stereocenters. The van der Waals surface area contributed by atoms with Crippen LogP contribution in [0.1, 0.15) is 33.1 Å². The molecule has 6 nitrogen and oxygen atoms in total. The third kappa shape index (κ3) is 3.01. The standard InChI is InChI=1S/C14H22N4O2/c1-3-14(2)4-6-17(7-5-14)12-8-11(16-15)9-13(10-12)18(19)20/h8-10,16H,3-7,15H2,1-2H3. The van der Waals surface area contributed by atoms with Crippen molar-refractivity contribution in [2.75, 3.05) is 23.4 Å². The van der Waals surface area contributed by atoms with Crippen LogP contribution in [0, 0.1) is 15.5 Å². The first-order valence-electron chi connectivity index (χ1n) is 6.98. The Morgan fingerprint density at radius 3 is 2.55 bits per heavy atom. The van der Waals surface area contributed by atoms with Gasteiger partial charge in [0.05, 0.1) is 10.6 Å². The molecule has 0 unspecified atom stereocenters. The third-order valence-corrected chi connectivity index (χ3v) is 4.47. The number of nitro benzene ring substituents is 1. The molecular weight excluding hydrogens is 256 g/mol. The molecule has 0 aromatic heterocycles. The molecule has 0 bridgehead atoms. The molecule has 2 rings (SSSR count). The Morgan fingerprint density at radius 1 is 1.40 bits per heavy atom. The summed E-state index contributed by atoms with van der Waals surface area (Å²) in [5.41, 5.74) is 4.40. The van der Waals surface area contributed by atoms with Crippen LogP contribution in [0.5, 0.6) is 0 Å². The Balaban J connectivity index is 2.21. The minimum Gasteiger partial charge on any atom is -0.371 e. The van der Waals surface area contributed by atoms with E-state index in [-0.39, 0.29) is 10.6 Å². The summed E-state index contributed by atoms with van der Waals surface area (Å²) >= 11 is 0. The first-order chi connectivity index (χ1) is 9.47. The van der Waals surface area contributed by atoms with Crippen LogP contribution < -0.4 is 16.2 Å². The van der Waals surface area contributed by atoms with E-state index in [0.29, 0.717) is 11.1 Å². The SMILES string of the molecule is CCC1(C)CCN(c2cc(NN)cc([N+](=O)[O-])c2)CC1. The summed E-state index contributed by atoms with van der Waals surface area (Å²) in [6, 6.07) is 4.93. The summed E-state index contributed by atoms with van der Waals surface area (Å²) in [4.78, 5) is 12.8. The molecule has 1 aliphatic rings. The zero-order valence-corrected chi connectivity index (χ0v) is 12.1. The van der Waals surface area contributed by atoms with Gasteiger partial charge in [0.2, 0.25) is 0 Å². The van der Waals surface area contributed by atoms with Crippen LogP contribution >= 0.6 is 0 Å². The zero-order chi connectivity index (χ0) is 14.8. The maximum Gasteiger partial charge on any atom is 0.273 e. The predicted molar refractivity (Wildman–Crippen MR) is 80.8 cm³/mol. The molecule has 1 aromatic rings. The summed E-state index contributed by atoms with van der Waals surface area (Å²) in [7, 11) is 0. The highest BCUT2D eigenvalue weighted by Crippen LogP contribution is 2.37. The minimum atomic E-state index is -0.384.